The van der Waals surface area contributed by atoms with Gasteiger partial charge in [-0.05, 0) is 42.7 Å². The second-order valence-electron chi connectivity index (χ2n) is 8.94. The summed E-state index contributed by atoms with van der Waals surface area (Å²) in [4.78, 5) is 29.8. The molecule has 0 amide bonds. The van der Waals surface area contributed by atoms with E-state index >= 15 is 0 Å². The predicted molar refractivity (Wildman–Crippen MR) is 137 cm³/mol. The summed E-state index contributed by atoms with van der Waals surface area (Å²) in [5.74, 6) is -1.70. The van der Waals surface area contributed by atoms with Gasteiger partial charge in [0.1, 0.15) is 5.92 Å². The van der Waals surface area contributed by atoms with Crippen molar-refractivity contribution >= 4 is 28.4 Å². The summed E-state index contributed by atoms with van der Waals surface area (Å²) in [6, 6.07) is 13.1. The molecular formula is C27H26F3N3O4S. The molecule has 3 aliphatic rings. The highest BCUT2D eigenvalue weighted by atomic mass is 32.1. The molecular weight excluding hydrogens is 519 g/mol. The van der Waals surface area contributed by atoms with Crippen molar-refractivity contribution in [1.29, 1.82) is 0 Å². The van der Waals surface area contributed by atoms with E-state index in [2.05, 4.69) is 15.6 Å². The van der Waals surface area contributed by atoms with E-state index in [9.17, 15) is 22.8 Å². The van der Waals surface area contributed by atoms with Crippen LogP contribution in [0, 0.1) is 5.92 Å². The van der Waals surface area contributed by atoms with Crippen LogP contribution in [-0.2, 0) is 30.8 Å². The van der Waals surface area contributed by atoms with Crippen LogP contribution in [0.2, 0.25) is 0 Å². The lowest BCUT2D eigenvalue weighted by Crippen LogP contribution is -2.60. The number of allylic oxidation sites excluding steroid dienone is 1. The molecule has 2 aromatic rings. The van der Waals surface area contributed by atoms with E-state index in [-0.39, 0.29) is 0 Å². The number of anilines is 1. The van der Waals surface area contributed by atoms with Crippen LogP contribution in [0.1, 0.15) is 25.0 Å². The van der Waals surface area contributed by atoms with Gasteiger partial charge in [-0.15, -0.1) is 11.3 Å². The minimum absolute atomic E-state index is 0.349. The zero-order valence-electron chi connectivity index (χ0n) is 21.1. The Kier molecular flexibility index (Phi) is 7.50. The lowest BCUT2D eigenvalue weighted by molar-refractivity contribution is -0.149. The van der Waals surface area contributed by atoms with Gasteiger partial charge in [0.25, 0.3) is 0 Å². The fourth-order valence-corrected chi connectivity index (χ4v) is 5.34. The standard InChI is InChI=1S/C20H23N3O4S.C7H3F3/c1-12-14(17(24)26-3)16(22-19-21-10-11-28-19)15(18(25)27-4)20(2,23-12)13-8-6-5-7-9-13;8-7(9,10)6-2-1-4-3-5(4)6/h5-11,15-16,23H,1-4H3,(H,21,22);1-3H. The Labute approximate surface area is 221 Å². The van der Waals surface area contributed by atoms with E-state index in [1.165, 1.54) is 37.7 Å². The van der Waals surface area contributed by atoms with Crippen LogP contribution in [0.25, 0.3) is 11.1 Å². The normalized spacial score (nSPS) is 21.4. The van der Waals surface area contributed by atoms with Gasteiger partial charge in [-0.2, -0.15) is 13.2 Å². The average Bonchev–Trinajstić information content (AvgIpc) is 3.25. The van der Waals surface area contributed by atoms with Crippen molar-refractivity contribution in [3.8, 4) is 11.1 Å². The molecule has 200 valence electrons. The molecule has 0 saturated carbocycles. The lowest BCUT2D eigenvalue weighted by Gasteiger charge is -2.46. The van der Waals surface area contributed by atoms with Gasteiger partial charge < -0.3 is 20.1 Å². The smallest absolute Gasteiger partial charge is 0.417 e. The van der Waals surface area contributed by atoms with Gasteiger partial charge in [-0.1, -0.05) is 36.4 Å². The van der Waals surface area contributed by atoms with Crippen LogP contribution in [0.4, 0.5) is 18.3 Å². The molecule has 0 fully saturated rings. The largest absolute Gasteiger partial charge is 0.469 e. The number of esters is 2. The molecule has 3 unspecified atom stereocenters. The third kappa shape index (κ3) is 5.24. The molecule has 0 saturated heterocycles. The number of carbonyl (C=O) groups is 2. The van der Waals surface area contributed by atoms with Crippen molar-refractivity contribution in [2.24, 2.45) is 5.92 Å². The SMILES string of the molecule is COC(=O)C1=C(C)NC(C)(c2ccccc2)C(C(=O)OC)C1Nc1nccs1.FC(F)(F)c1ccc2cc1-2. The minimum atomic E-state index is -4.17. The quantitative estimate of drug-likeness (QED) is 0.326. The van der Waals surface area contributed by atoms with Crippen LogP contribution in [-0.4, -0.2) is 37.2 Å². The number of fused-ring (bicyclic) bond motifs is 1. The number of nitrogens with one attached hydrogen (secondary N) is 2. The number of aromatic nitrogens is 1. The van der Waals surface area contributed by atoms with Crippen molar-refractivity contribution in [2.45, 2.75) is 31.6 Å². The number of carbonyl (C=O) groups excluding carboxylic acids is 2. The molecule has 2 aliphatic carbocycles. The number of alkyl halides is 3. The van der Waals surface area contributed by atoms with Gasteiger partial charge in [0.2, 0.25) is 0 Å². The van der Waals surface area contributed by atoms with Crippen molar-refractivity contribution in [3.05, 3.63) is 82.5 Å². The first-order valence-electron chi connectivity index (χ1n) is 11.6. The summed E-state index contributed by atoms with van der Waals surface area (Å²) in [6.07, 6.45) is -2.51. The fourth-order valence-electron chi connectivity index (χ4n) is 4.78. The molecule has 11 heteroatoms. The number of nitrogens with zero attached hydrogens (tertiary/aromatic N) is 1. The molecule has 2 N–H and O–H groups in total. The van der Waals surface area contributed by atoms with Crippen molar-refractivity contribution in [1.82, 2.24) is 10.3 Å². The van der Waals surface area contributed by atoms with E-state index < -0.39 is 41.2 Å². The highest BCUT2D eigenvalue weighted by Crippen LogP contribution is 2.46. The summed E-state index contributed by atoms with van der Waals surface area (Å²) in [5, 5.41) is 9.05. The van der Waals surface area contributed by atoms with Gasteiger partial charge >= 0.3 is 18.1 Å². The number of benzene rings is 2. The van der Waals surface area contributed by atoms with Crippen molar-refractivity contribution < 1.29 is 32.2 Å². The van der Waals surface area contributed by atoms with Crippen LogP contribution < -0.4 is 10.6 Å². The van der Waals surface area contributed by atoms with Gasteiger partial charge in [0, 0.05) is 17.3 Å². The first kappa shape index (κ1) is 27.2. The van der Waals surface area contributed by atoms with E-state index in [4.69, 9.17) is 9.47 Å². The Morgan fingerprint density at radius 2 is 1.82 bits per heavy atom. The first-order chi connectivity index (χ1) is 18.0. The summed E-state index contributed by atoms with van der Waals surface area (Å²) in [6.45, 7) is 3.73. The van der Waals surface area contributed by atoms with E-state index in [0.29, 0.717) is 22.0 Å². The van der Waals surface area contributed by atoms with Gasteiger partial charge in [0.05, 0.1) is 36.9 Å². The third-order valence-corrected chi connectivity index (χ3v) is 7.32. The molecule has 0 spiro atoms. The van der Waals surface area contributed by atoms with Crippen LogP contribution in [0.3, 0.4) is 0 Å². The maximum absolute atomic E-state index is 13.0. The molecule has 7 nitrogen and oxygen atoms in total. The third-order valence-electron chi connectivity index (χ3n) is 6.62. The van der Waals surface area contributed by atoms with E-state index in [0.717, 1.165) is 17.2 Å². The number of ether oxygens (including phenoxy) is 2. The number of hydrogen-bond acceptors (Lipinski definition) is 8. The lowest BCUT2D eigenvalue weighted by atomic mass is 9.70. The molecule has 1 aromatic heterocycles. The maximum Gasteiger partial charge on any atom is 0.417 e. The zero-order chi connectivity index (χ0) is 27.7. The fraction of sp³-hybridized carbons (Fsp3) is 0.296. The molecule has 0 bridgehead atoms. The Balaban J connectivity index is 0.000000278. The second-order valence-corrected chi connectivity index (χ2v) is 9.84. The van der Waals surface area contributed by atoms with Gasteiger partial charge in [0.15, 0.2) is 5.13 Å². The highest BCUT2D eigenvalue weighted by Gasteiger charge is 2.52. The number of rotatable bonds is 5. The van der Waals surface area contributed by atoms with Crippen LogP contribution >= 0.6 is 11.3 Å². The Bertz CT molecular complexity index is 1360. The summed E-state index contributed by atoms with van der Waals surface area (Å²) in [7, 11) is 2.67. The first-order valence-corrected chi connectivity index (χ1v) is 12.5. The highest BCUT2D eigenvalue weighted by molar-refractivity contribution is 7.13. The van der Waals surface area contributed by atoms with Crippen molar-refractivity contribution in [2.75, 3.05) is 19.5 Å². The van der Waals surface area contributed by atoms with Gasteiger partial charge in [-0.25, -0.2) is 9.78 Å². The van der Waals surface area contributed by atoms with Crippen LogP contribution in [0.5, 0.6) is 0 Å². The number of hydrogen-bond donors (Lipinski definition) is 2. The molecule has 0 radical (unpaired) electrons. The molecule has 1 aliphatic heterocycles. The molecule has 3 atom stereocenters. The Morgan fingerprint density at radius 3 is 2.29 bits per heavy atom. The van der Waals surface area contributed by atoms with Gasteiger partial charge in [-0.3, -0.25) is 4.79 Å². The number of methoxy groups -OCH3 is 2. The Morgan fingerprint density at radius 1 is 1.11 bits per heavy atom. The Hall–Kier alpha value is -3.86. The molecule has 38 heavy (non-hydrogen) atoms. The average molecular weight is 546 g/mol. The second kappa shape index (κ2) is 10.5. The topological polar surface area (TPSA) is 89.5 Å². The van der Waals surface area contributed by atoms with Crippen LogP contribution in [0.15, 0.2) is 71.4 Å². The minimum Gasteiger partial charge on any atom is -0.469 e. The van der Waals surface area contributed by atoms with Crippen molar-refractivity contribution in [3.63, 3.8) is 0 Å². The summed E-state index contributed by atoms with van der Waals surface area (Å²) in [5.41, 5.74) is 1.67. The van der Waals surface area contributed by atoms with E-state index in [1.54, 1.807) is 13.1 Å². The maximum atomic E-state index is 13.0. The van der Waals surface area contributed by atoms with E-state index in [1.807, 2.05) is 42.6 Å². The summed E-state index contributed by atoms with van der Waals surface area (Å²) < 4.78 is 45.8. The summed E-state index contributed by atoms with van der Waals surface area (Å²) >= 11 is 1.39. The zero-order valence-corrected chi connectivity index (χ0v) is 21.9. The molecule has 1 aromatic carbocycles. The number of halogens is 3. The molecule has 2 heterocycles. The number of thiazole rings is 1. The predicted octanol–water partition coefficient (Wildman–Crippen LogP) is 5.36. The molecule has 5 rings (SSSR count). The monoisotopic (exact) mass is 545 g/mol.